The summed E-state index contributed by atoms with van der Waals surface area (Å²) in [5.41, 5.74) is 6.60. The van der Waals surface area contributed by atoms with Gasteiger partial charge in [-0.2, -0.15) is 8.78 Å². The van der Waals surface area contributed by atoms with Gasteiger partial charge in [0.05, 0.1) is 17.8 Å². The Morgan fingerprint density at radius 3 is 2.00 bits per heavy atom. The Labute approximate surface area is 330 Å². The lowest BCUT2D eigenvalue weighted by atomic mass is 9.98. The minimum Gasteiger partial charge on any atom is -0.454 e. The highest BCUT2D eigenvalue weighted by Gasteiger charge is 2.42. The molecule has 0 aliphatic carbocycles. The molecule has 57 heavy (non-hydrogen) atoms. The Kier molecular flexibility index (Phi) is 13.1. The number of rotatable bonds is 15. The van der Waals surface area contributed by atoms with Crippen LogP contribution in [-0.2, 0) is 50.9 Å². The van der Waals surface area contributed by atoms with Gasteiger partial charge in [0.2, 0.25) is 5.91 Å². The molecule has 11 heteroatoms. The van der Waals surface area contributed by atoms with Crippen LogP contribution in [0.2, 0.25) is 0 Å². The van der Waals surface area contributed by atoms with Crippen LogP contribution in [0.5, 0.6) is 0 Å². The fraction of sp³-hybridized carbons (Fsp3) is 0.196. The number of alkyl carbamates (subject to hydrolysis) is 1. The predicted octanol–water partition coefficient (Wildman–Crippen LogP) is 9.12. The van der Waals surface area contributed by atoms with Crippen molar-refractivity contribution in [2.24, 2.45) is 0 Å². The maximum atomic E-state index is 15.7. The zero-order valence-corrected chi connectivity index (χ0v) is 31.5. The van der Waals surface area contributed by atoms with E-state index in [2.05, 4.69) is 33.6 Å². The number of benzene rings is 5. The van der Waals surface area contributed by atoms with Gasteiger partial charge in [0.25, 0.3) is 0 Å². The maximum Gasteiger partial charge on any atom is 0.408 e. The molecular formula is C46H42F2N4O5. The lowest BCUT2D eigenvalue weighted by Gasteiger charge is -2.26. The molecule has 2 N–H and O–H groups in total. The molecule has 0 saturated carbocycles. The SMILES string of the molecule is CCc1ccccc1-c1nccnc1-c1ccc(NC(=O)Cc2ccc(C(F)(F)[C@@H](C)OC(=O)C(Cc3ccccc3)NC(=O)OCc3ccccc3)cc2)cc1. The smallest absolute Gasteiger partial charge is 0.408 e. The van der Waals surface area contributed by atoms with E-state index in [1.807, 2.05) is 36.4 Å². The Morgan fingerprint density at radius 1 is 0.719 bits per heavy atom. The molecule has 290 valence electrons. The van der Waals surface area contributed by atoms with E-state index in [9.17, 15) is 14.4 Å². The Hall–Kier alpha value is -6.75. The van der Waals surface area contributed by atoms with Crippen molar-refractivity contribution in [2.45, 2.75) is 57.8 Å². The summed E-state index contributed by atoms with van der Waals surface area (Å²) in [7, 11) is 0. The molecule has 1 aromatic heterocycles. The molecule has 6 aromatic rings. The second-order valence-corrected chi connectivity index (χ2v) is 13.4. The summed E-state index contributed by atoms with van der Waals surface area (Å²) in [4.78, 5) is 48.1. The number of carbonyl (C=O) groups excluding carboxylic acids is 3. The molecule has 6 rings (SSSR count). The molecule has 5 aromatic carbocycles. The highest BCUT2D eigenvalue weighted by atomic mass is 19.3. The highest BCUT2D eigenvalue weighted by Crippen LogP contribution is 2.34. The van der Waals surface area contributed by atoms with Crippen LogP contribution >= 0.6 is 0 Å². The zero-order valence-electron chi connectivity index (χ0n) is 31.5. The van der Waals surface area contributed by atoms with Gasteiger partial charge in [0, 0.05) is 41.2 Å². The van der Waals surface area contributed by atoms with Crippen molar-refractivity contribution in [3.63, 3.8) is 0 Å². The van der Waals surface area contributed by atoms with E-state index in [-0.39, 0.29) is 25.4 Å². The minimum absolute atomic E-state index is 0.00395. The number of anilines is 1. The number of carbonyl (C=O) groups is 3. The molecular weight excluding hydrogens is 727 g/mol. The summed E-state index contributed by atoms with van der Waals surface area (Å²) in [6.45, 7) is 3.14. The molecule has 0 saturated heterocycles. The Balaban J connectivity index is 1.05. The molecule has 0 spiro atoms. The van der Waals surface area contributed by atoms with E-state index in [0.717, 1.165) is 47.0 Å². The lowest BCUT2D eigenvalue weighted by Crippen LogP contribution is -2.46. The molecule has 0 aliphatic rings. The third-order valence-electron chi connectivity index (χ3n) is 9.37. The van der Waals surface area contributed by atoms with Crippen molar-refractivity contribution >= 4 is 23.7 Å². The van der Waals surface area contributed by atoms with E-state index in [4.69, 9.17) is 9.47 Å². The summed E-state index contributed by atoms with van der Waals surface area (Å²) in [6.07, 6.45) is 1.32. The first-order chi connectivity index (χ1) is 27.6. The zero-order chi connectivity index (χ0) is 40.2. The first kappa shape index (κ1) is 39.9. The molecule has 0 radical (unpaired) electrons. The summed E-state index contributed by atoms with van der Waals surface area (Å²) in [5, 5.41) is 5.33. The van der Waals surface area contributed by atoms with Crippen LogP contribution in [0, 0.1) is 0 Å². The van der Waals surface area contributed by atoms with Crippen LogP contribution in [0.3, 0.4) is 0 Å². The molecule has 1 unspecified atom stereocenters. The summed E-state index contributed by atoms with van der Waals surface area (Å²) < 4.78 is 41.9. The van der Waals surface area contributed by atoms with Gasteiger partial charge in [-0.3, -0.25) is 14.8 Å². The molecule has 2 amide bonds. The molecule has 9 nitrogen and oxygen atoms in total. The molecule has 0 bridgehead atoms. The number of alkyl halides is 2. The molecule has 0 aliphatic heterocycles. The number of hydrogen-bond acceptors (Lipinski definition) is 7. The number of aromatic nitrogens is 2. The first-order valence-electron chi connectivity index (χ1n) is 18.6. The number of nitrogens with one attached hydrogen (secondary N) is 2. The van der Waals surface area contributed by atoms with Crippen LogP contribution in [0.15, 0.2) is 146 Å². The topological polar surface area (TPSA) is 120 Å². The highest BCUT2D eigenvalue weighted by molar-refractivity contribution is 5.92. The summed E-state index contributed by atoms with van der Waals surface area (Å²) in [6, 6.07) is 37.1. The summed E-state index contributed by atoms with van der Waals surface area (Å²) in [5.74, 6) is -4.96. The average Bonchev–Trinajstić information content (AvgIpc) is 3.24. The van der Waals surface area contributed by atoms with Gasteiger partial charge in [-0.05, 0) is 47.7 Å². The monoisotopic (exact) mass is 768 g/mol. The molecule has 0 fully saturated rings. The van der Waals surface area contributed by atoms with Crippen LogP contribution in [-0.4, -0.2) is 40.1 Å². The number of hydrogen-bond donors (Lipinski definition) is 2. The van der Waals surface area contributed by atoms with Crippen LogP contribution in [0.1, 0.15) is 41.7 Å². The van der Waals surface area contributed by atoms with Crippen molar-refractivity contribution in [1.82, 2.24) is 15.3 Å². The van der Waals surface area contributed by atoms with Crippen molar-refractivity contribution < 1.29 is 32.6 Å². The quantitative estimate of drug-likeness (QED) is 0.100. The Bertz CT molecular complexity index is 2270. The number of amides is 2. The van der Waals surface area contributed by atoms with E-state index in [1.165, 1.54) is 24.3 Å². The maximum absolute atomic E-state index is 15.7. The van der Waals surface area contributed by atoms with Gasteiger partial charge < -0.3 is 20.1 Å². The second kappa shape index (κ2) is 18.7. The summed E-state index contributed by atoms with van der Waals surface area (Å²) >= 11 is 0. The van der Waals surface area contributed by atoms with Gasteiger partial charge in [0.15, 0.2) is 6.10 Å². The van der Waals surface area contributed by atoms with Gasteiger partial charge in [-0.1, -0.05) is 128 Å². The van der Waals surface area contributed by atoms with E-state index < -0.39 is 35.7 Å². The van der Waals surface area contributed by atoms with E-state index >= 15 is 8.78 Å². The standard InChI is InChI=1S/C46H42F2N4O5/c1-3-35-16-10-11-17-39(35)43-42(49-26-27-50-43)36-20-24-38(25-21-36)51-41(53)29-33-18-22-37(23-19-33)46(47,48)31(2)57-44(54)40(28-32-12-6-4-7-13-32)52-45(55)56-30-34-14-8-5-9-15-34/h4-27,31,40H,3,28-30H2,1-2H3,(H,51,53)(H,52,55)/t31-,40?/m1/s1. The normalized spacial score (nSPS) is 12.2. The molecule has 2 atom stereocenters. The average molecular weight is 769 g/mol. The van der Waals surface area contributed by atoms with Gasteiger partial charge in [-0.25, -0.2) is 9.59 Å². The first-order valence-corrected chi connectivity index (χ1v) is 18.6. The van der Waals surface area contributed by atoms with Crippen molar-refractivity contribution in [3.05, 3.63) is 174 Å². The molecule has 1 heterocycles. The van der Waals surface area contributed by atoms with E-state index in [0.29, 0.717) is 16.8 Å². The lowest BCUT2D eigenvalue weighted by molar-refractivity contribution is -0.175. The van der Waals surface area contributed by atoms with Crippen molar-refractivity contribution in [2.75, 3.05) is 5.32 Å². The number of ether oxygens (including phenoxy) is 2. The van der Waals surface area contributed by atoms with Crippen LogP contribution < -0.4 is 10.6 Å². The number of esters is 1. The van der Waals surface area contributed by atoms with Gasteiger partial charge in [-0.15, -0.1) is 0 Å². The number of halogens is 2. The number of nitrogens with zero attached hydrogens (tertiary/aromatic N) is 2. The fourth-order valence-corrected chi connectivity index (χ4v) is 6.27. The predicted molar refractivity (Wildman–Crippen MR) is 214 cm³/mol. The van der Waals surface area contributed by atoms with Crippen molar-refractivity contribution in [1.29, 1.82) is 0 Å². The van der Waals surface area contributed by atoms with Gasteiger partial charge >= 0.3 is 18.0 Å². The largest absolute Gasteiger partial charge is 0.454 e. The number of aryl methyl sites for hydroxylation is 1. The third kappa shape index (κ3) is 10.5. The Morgan fingerprint density at radius 2 is 1.33 bits per heavy atom. The fourth-order valence-electron chi connectivity index (χ4n) is 6.27. The minimum atomic E-state index is -3.59. The second-order valence-electron chi connectivity index (χ2n) is 13.4. The van der Waals surface area contributed by atoms with Crippen LogP contribution in [0.25, 0.3) is 22.5 Å². The van der Waals surface area contributed by atoms with E-state index in [1.54, 1.807) is 79.1 Å². The third-order valence-corrected chi connectivity index (χ3v) is 9.37. The van der Waals surface area contributed by atoms with Gasteiger partial charge in [0.1, 0.15) is 12.6 Å². The van der Waals surface area contributed by atoms with Crippen molar-refractivity contribution in [3.8, 4) is 22.5 Å². The van der Waals surface area contributed by atoms with Crippen LogP contribution in [0.4, 0.5) is 19.3 Å².